The van der Waals surface area contributed by atoms with Gasteiger partial charge >= 0.3 is 11.9 Å². The number of carbonyl (C=O) groups is 2. The van der Waals surface area contributed by atoms with Crippen molar-refractivity contribution < 1.29 is 19.1 Å². The molecule has 0 amide bonds. The SMILES string of the molecule is CCC(OC(=O)CCCC(=O)Oc1cc(C)ccc1Cl)C(C)C. The first-order chi connectivity index (χ1) is 10.8. The number of esters is 2. The van der Waals surface area contributed by atoms with Crippen LogP contribution in [0.2, 0.25) is 5.02 Å². The molecule has 0 saturated carbocycles. The van der Waals surface area contributed by atoms with E-state index >= 15 is 0 Å². The fraction of sp³-hybridized carbons (Fsp3) is 0.556. The number of carbonyl (C=O) groups excluding carboxylic acids is 2. The lowest BCUT2D eigenvalue weighted by atomic mass is 10.1. The van der Waals surface area contributed by atoms with Gasteiger partial charge in [0.05, 0.1) is 5.02 Å². The van der Waals surface area contributed by atoms with E-state index in [4.69, 9.17) is 21.1 Å². The van der Waals surface area contributed by atoms with E-state index in [2.05, 4.69) is 0 Å². The molecule has 1 unspecified atom stereocenters. The molecule has 1 aromatic rings. The summed E-state index contributed by atoms with van der Waals surface area (Å²) in [5.74, 6) is -0.0318. The van der Waals surface area contributed by atoms with Crippen LogP contribution < -0.4 is 4.74 Å². The fourth-order valence-corrected chi connectivity index (χ4v) is 2.31. The zero-order valence-electron chi connectivity index (χ0n) is 14.2. The normalized spacial score (nSPS) is 12.1. The molecule has 5 heteroatoms. The molecule has 1 aromatic carbocycles. The molecular formula is C18H25ClO4. The lowest BCUT2D eigenvalue weighted by Gasteiger charge is -2.19. The van der Waals surface area contributed by atoms with E-state index in [1.807, 2.05) is 33.8 Å². The van der Waals surface area contributed by atoms with Crippen molar-refractivity contribution >= 4 is 23.5 Å². The molecule has 1 atom stereocenters. The van der Waals surface area contributed by atoms with Crippen LogP contribution in [0.1, 0.15) is 52.0 Å². The van der Waals surface area contributed by atoms with Crippen LogP contribution in [0, 0.1) is 12.8 Å². The standard InChI is InChI=1S/C18H25ClO4/c1-5-15(12(2)3)22-17(20)7-6-8-18(21)23-16-11-13(4)9-10-14(16)19/h9-12,15H,5-8H2,1-4H3. The topological polar surface area (TPSA) is 52.6 Å². The molecule has 0 N–H and O–H groups in total. The Bertz CT molecular complexity index is 540. The van der Waals surface area contributed by atoms with Crippen LogP contribution in [0.25, 0.3) is 0 Å². The lowest BCUT2D eigenvalue weighted by molar-refractivity contribution is -0.151. The average molecular weight is 341 g/mol. The van der Waals surface area contributed by atoms with Crippen molar-refractivity contribution in [2.45, 2.75) is 59.5 Å². The average Bonchev–Trinajstić information content (AvgIpc) is 2.48. The third kappa shape index (κ3) is 7.04. The van der Waals surface area contributed by atoms with Crippen molar-refractivity contribution in [2.75, 3.05) is 0 Å². The van der Waals surface area contributed by atoms with Gasteiger partial charge in [-0.15, -0.1) is 0 Å². The number of aryl methyl sites for hydroxylation is 1. The Balaban J connectivity index is 2.36. The maximum Gasteiger partial charge on any atom is 0.311 e. The molecule has 4 nitrogen and oxygen atoms in total. The highest BCUT2D eigenvalue weighted by Crippen LogP contribution is 2.25. The quantitative estimate of drug-likeness (QED) is 0.508. The maximum absolute atomic E-state index is 11.8. The smallest absolute Gasteiger partial charge is 0.311 e. The third-order valence-electron chi connectivity index (χ3n) is 3.50. The number of halogens is 1. The number of rotatable bonds is 8. The van der Waals surface area contributed by atoms with E-state index in [-0.39, 0.29) is 30.8 Å². The van der Waals surface area contributed by atoms with Crippen molar-refractivity contribution in [3.8, 4) is 5.75 Å². The Kier molecular flexibility index (Phi) is 8.10. The molecule has 0 aliphatic carbocycles. The Morgan fingerprint density at radius 2 is 1.83 bits per heavy atom. The summed E-state index contributed by atoms with van der Waals surface area (Å²) in [6.45, 7) is 7.91. The van der Waals surface area contributed by atoms with Crippen molar-refractivity contribution in [3.63, 3.8) is 0 Å². The second-order valence-corrected chi connectivity index (χ2v) is 6.35. The van der Waals surface area contributed by atoms with E-state index in [1.54, 1.807) is 12.1 Å². The van der Waals surface area contributed by atoms with E-state index in [0.717, 1.165) is 12.0 Å². The molecule has 0 aliphatic heterocycles. The lowest BCUT2D eigenvalue weighted by Crippen LogP contribution is -2.22. The van der Waals surface area contributed by atoms with Gasteiger partial charge in [-0.1, -0.05) is 38.4 Å². The summed E-state index contributed by atoms with van der Waals surface area (Å²) in [5, 5.41) is 0.395. The molecule has 0 heterocycles. The molecule has 0 aromatic heterocycles. The van der Waals surface area contributed by atoms with E-state index in [9.17, 15) is 9.59 Å². The summed E-state index contributed by atoms with van der Waals surface area (Å²) in [6, 6.07) is 5.24. The molecule has 128 valence electrons. The number of benzene rings is 1. The van der Waals surface area contributed by atoms with Gasteiger partial charge in [0.15, 0.2) is 0 Å². The summed E-state index contributed by atoms with van der Waals surface area (Å²) < 4.78 is 10.6. The highest BCUT2D eigenvalue weighted by molar-refractivity contribution is 6.32. The Morgan fingerprint density at radius 3 is 2.43 bits per heavy atom. The van der Waals surface area contributed by atoms with Crippen LogP contribution in [0.3, 0.4) is 0 Å². The van der Waals surface area contributed by atoms with Gasteiger partial charge in [-0.3, -0.25) is 9.59 Å². The number of ether oxygens (including phenoxy) is 2. The minimum absolute atomic E-state index is 0.0689. The summed E-state index contributed by atoms with van der Waals surface area (Å²) in [4.78, 5) is 23.6. The number of hydrogen-bond donors (Lipinski definition) is 0. The minimum Gasteiger partial charge on any atom is -0.462 e. The largest absolute Gasteiger partial charge is 0.462 e. The molecule has 0 spiro atoms. The van der Waals surface area contributed by atoms with Crippen LogP contribution >= 0.6 is 11.6 Å². The van der Waals surface area contributed by atoms with Crippen molar-refractivity contribution in [1.82, 2.24) is 0 Å². The molecule has 23 heavy (non-hydrogen) atoms. The van der Waals surface area contributed by atoms with Gasteiger partial charge < -0.3 is 9.47 Å². The van der Waals surface area contributed by atoms with Gasteiger partial charge in [-0.05, 0) is 43.4 Å². The van der Waals surface area contributed by atoms with Gasteiger partial charge in [-0.2, -0.15) is 0 Å². The highest BCUT2D eigenvalue weighted by atomic mass is 35.5. The van der Waals surface area contributed by atoms with E-state index in [1.165, 1.54) is 0 Å². The van der Waals surface area contributed by atoms with Crippen LogP contribution in [0.15, 0.2) is 18.2 Å². The highest BCUT2D eigenvalue weighted by Gasteiger charge is 2.16. The molecule has 0 bridgehead atoms. The van der Waals surface area contributed by atoms with Gasteiger partial charge in [0, 0.05) is 12.8 Å². The summed E-state index contributed by atoms with van der Waals surface area (Å²) in [5.41, 5.74) is 0.958. The summed E-state index contributed by atoms with van der Waals surface area (Å²) in [7, 11) is 0. The molecule has 1 rings (SSSR count). The molecule has 0 saturated heterocycles. The van der Waals surface area contributed by atoms with Crippen LogP contribution in [0.5, 0.6) is 5.75 Å². The van der Waals surface area contributed by atoms with Crippen molar-refractivity contribution in [2.24, 2.45) is 5.92 Å². The van der Waals surface area contributed by atoms with Gasteiger partial charge in [0.2, 0.25) is 0 Å². The summed E-state index contributed by atoms with van der Waals surface area (Å²) in [6.07, 6.45) is 1.48. The van der Waals surface area contributed by atoms with Crippen molar-refractivity contribution in [3.05, 3.63) is 28.8 Å². The molecule has 0 radical (unpaired) electrons. The van der Waals surface area contributed by atoms with Crippen LogP contribution in [-0.2, 0) is 14.3 Å². The number of hydrogen-bond acceptors (Lipinski definition) is 4. The molecule has 0 fully saturated rings. The predicted molar refractivity (Wildman–Crippen MR) is 90.7 cm³/mol. The van der Waals surface area contributed by atoms with Crippen molar-refractivity contribution in [1.29, 1.82) is 0 Å². The zero-order chi connectivity index (χ0) is 17.4. The predicted octanol–water partition coefficient (Wildman–Crippen LogP) is 4.70. The monoisotopic (exact) mass is 340 g/mol. The Hall–Kier alpha value is -1.55. The molecular weight excluding hydrogens is 316 g/mol. The van der Waals surface area contributed by atoms with Crippen LogP contribution in [0.4, 0.5) is 0 Å². The minimum atomic E-state index is -0.402. The first-order valence-electron chi connectivity index (χ1n) is 7.99. The maximum atomic E-state index is 11.8. The first kappa shape index (κ1) is 19.5. The van der Waals surface area contributed by atoms with Crippen LogP contribution in [-0.4, -0.2) is 18.0 Å². The van der Waals surface area contributed by atoms with Gasteiger partial charge in [-0.25, -0.2) is 0 Å². The Labute approximate surface area is 143 Å². The Morgan fingerprint density at radius 1 is 1.17 bits per heavy atom. The fourth-order valence-electron chi connectivity index (χ4n) is 2.16. The first-order valence-corrected chi connectivity index (χ1v) is 8.37. The van der Waals surface area contributed by atoms with Gasteiger partial charge in [0.1, 0.15) is 11.9 Å². The molecule has 0 aliphatic rings. The van der Waals surface area contributed by atoms with E-state index < -0.39 is 5.97 Å². The summed E-state index contributed by atoms with van der Waals surface area (Å²) >= 11 is 5.98. The second-order valence-electron chi connectivity index (χ2n) is 5.94. The van der Waals surface area contributed by atoms with Gasteiger partial charge in [0.25, 0.3) is 0 Å². The second kappa shape index (κ2) is 9.56. The van der Waals surface area contributed by atoms with E-state index in [0.29, 0.717) is 17.2 Å². The third-order valence-corrected chi connectivity index (χ3v) is 3.81. The zero-order valence-corrected chi connectivity index (χ0v) is 15.0.